The maximum atomic E-state index is 12.2. The predicted octanol–water partition coefficient (Wildman–Crippen LogP) is 1.86. The summed E-state index contributed by atoms with van der Waals surface area (Å²) >= 11 is 0. The fourth-order valence-corrected chi connectivity index (χ4v) is 3.11. The van der Waals surface area contributed by atoms with Gasteiger partial charge in [0.25, 0.3) is 0 Å². The lowest BCUT2D eigenvalue weighted by atomic mass is 10.1. The van der Waals surface area contributed by atoms with E-state index in [0.717, 1.165) is 31.7 Å². The molecule has 0 bridgehead atoms. The van der Waals surface area contributed by atoms with Gasteiger partial charge in [-0.15, -0.1) is 0 Å². The van der Waals surface area contributed by atoms with Crippen LogP contribution in [0.5, 0.6) is 5.75 Å². The molecule has 2 fully saturated rings. The highest BCUT2D eigenvalue weighted by atomic mass is 16.5. The third kappa shape index (κ3) is 3.71. The van der Waals surface area contributed by atoms with Crippen LogP contribution in [0.2, 0.25) is 0 Å². The second-order valence-electron chi connectivity index (χ2n) is 6.51. The molecule has 0 saturated carbocycles. The lowest BCUT2D eigenvalue weighted by Crippen LogP contribution is -2.61. The number of likely N-dealkylation sites (N-methyl/N-ethyl adjacent to an activating group) is 1. The molecule has 2 amide bonds. The number of benzene rings is 1. The minimum absolute atomic E-state index is 0.0457. The number of carbonyl (C=O) groups excluding carboxylic acids is 1. The average Bonchev–Trinajstić information content (AvgIpc) is 2.42. The number of nitrogens with one attached hydrogen (secondary N) is 1. The van der Waals surface area contributed by atoms with E-state index < -0.39 is 0 Å². The Kier molecular flexibility index (Phi) is 4.52. The number of ether oxygens (including phenoxy) is 1. The van der Waals surface area contributed by atoms with Gasteiger partial charge < -0.3 is 19.9 Å². The summed E-state index contributed by atoms with van der Waals surface area (Å²) in [7, 11) is 2.10. The second-order valence-corrected chi connectivity index (χ2v) is 6.51. The summed E-state index contributed by atoms with van der Waals surface area (Å²) in [6, 6.07) is 8.36. The van der Waals surface area contributed by atoms with Crippen LogP contribution in [0.4, 0.5) is 4.79 Å². The number of hydrogen-bond acceptors (Lipinski definition) is 3. The highest BCUT2D eigenvalue weighted by molar-refractivity contribution is 5.75. The fourth-order valence-electron chi connectivity index (χ4n) is 3.11. The van der Waals surface area contributed by atoms with Gasteiger partial charge in [-0.3, -0.25) is 0 Å². The van der Waals surface area contributed by atoms with Crippen LogP contribution in [0.15, 0.2) is 24.3 Å². The van der Waals surface area contributed by atoms with Crippen molar-refractivity contribution in [2.24, 2.45) is 0 Å². The van der Waals surface area contributed by atoms with Crippen molar-refractivity contribution in [2.45, 2.75) is 31.9 Å². The van der Waals surface area contributed by atoms with Crippen LogP contribution < -0.4 is 10.1 Å². The molecule has 1 aromatic rings. The number of nitrogens with zero attached hydrogens (tertiary/aromatic N) is 2. The van der Waals surface area contributed by atoms with Crippen LogP contribution in [0, 0.1) is 6.92 Å². The van der Waals surface area contributed by atoms with E-state index in [4.69, 9.17) is 4.74 Å². The van der Waals surface area contributed by atoms with Crippen molar-refractivity contribution in [2.75, 3.05) is 33.2 Å². The van der Waals surface area contributed by atoms with E-state index in [1.54, 1.807) is 0 Å². The molecule has 0 aliphatic carbocycles. The monoisotopic (exact) mass is 303 g/mol. The average molecular weight is 303 g/mol. The molecule has 2 aliphatic heterocycles. The number of amides is 2. The Morgan fingerprint density at radius 1 is 1.32 bits per heavy atom. The molecule has 1 unspecified atom stereocenters. The molecule has 1 aromatic carbocycles. The maximum absolute atomic E-state index is 12.2. The molecule has 5 nitrogen and oxygen atoms in total. The van der Waals surface area contributed by atoms with E-state index in [9.17, 15) is 4.79 Å². The summed E-state index contributed by atoms with van der Waals surface area (Å²) in [5, 5.41) is 3.13. The van der Waals surface area contributed by atoms with Gasteiger partial charge in [-0.05, 0) is 51.1 Å². The molecule has 2 aliphatic rings. The molecule has 3 rings (SSSR count). The molecular formula is C17H25N3O2. The number of rotatable bonds is 3. The van der Waals surface area contributed by atoms with Crippen molar-refractivity contribution < 1.29 is 9.53 Å². The SMILES string of the molecule is Cc1cccc(OC2CN(C(=O)NC3CCCN(C)C3)C2)c1. The van der Waals surface area contributed by atoms with Gasteiger partial charge in [0, 0.05) is 12.6 Å². The third-order valence-electron chi connectivity index (χ3n) is 4.38. The second kappa shape index (κ2) is 6.57. The van der Waals surface area contributed by atoms with Crippen LogP contribution in [0.1, 0.15) is 18.4 Å². The summed E-state index contributed by atoms with van der Waals surface area (Å²) < 4.78 is 5.89. The quantitative estimate of drug-likeness (QED) is 0.927. The Hall–Kier alpha value is -1.75. The van der Waals surface area contributed by atoms with Gasteiger partial charge in [-0.1, -0.05) is 12.1 Å². The number of urea groups is 1. The minimum Gasteiger partial charge on any atom is -0.487 e. The highest BCUT2D eigenvalue weighted by Crippen LogP contribution is 2.19. The molecule has 0 radical (unpaired) electrons. The van der Waals surface area contributed by atoms with E-state index in [0.29, 0.717) is 13.1 Å². The summed E-state index contributed by atoms with van der Waals surface area (Å²) in [5.74, 6) is 0.888. The number of piperidine rings is 1. The fraction of sp³-hybridized carbons (Fsp3) is 0.588. The predicted molar refractivity (Wildman–Crippen MR) is 86.2 cm³/mol. The molecule has 120 valence electrons. The zero-order chi connectivity index (χ0) is 15.5. The smallest absolute Gasteiger partial charge is 0.317 e. The highest BCUT2D eigenvalue weighted by Gasteiger charge is 2.33. The first kappa shape index (κ1) is 15.2. The Balaban J connectivity index is 1.42. The zero-order valence-electron chi connectivity index (χ0n) is 13.4. The Morgan fingerprint density at radius 2 is 2.14 bits per heavy atom. The van der Waals surface area contributed by atoms with Crippen molar-refractivity contribution in [3.8, 4) is 5.75 Å². The first-order chi connectivity index (χ1) is 10.6. The van der Waals surface area contributed by atoms with Gasteiger partial charge >= 0.3 is 6.03 Å². The first-order valence-corrected chi connectivity index (χ1v) is 8.07. The maximum Gasteiger partial charge on any atom is 0.317 e. The van der Waals surface area contributed by atoms with Gasteiger partial charge in [-0.2, -0.15) is 0 Å². The first-order valence-electron chi connectivity index (χ1n) is 8.07. The molecular weight excluding hydrogens is 278 g/mol. The zero-order valence-corrected chi connectivity index (χ0v) is 13.4. The van der Waals surface area contributed by atoms with E-state index in [1.807, 2.05) is 23.1 Å². The summed E-state index contributed by atoms with van der Waals surface area (Å²) in [6.45, 7) is 5.46. The number of aryl methyl sites for hydroxylation is 1. The Bertz CT molecular complexity index is 528. The molecule has 1 atom stereocenters. The van der Waals surface area contributed by atoms with Crippen molar-refractivity contribution in [3.05, 3.63) is 29.8 Å². The topological polar surface area (TPSA) is 44.8 Å². The molecule has 2 heterocycles. The van der Waals surface area contributed by atoms with Crippen molar-refractivity contribution >= 4 is 6.03 Å². The van der Waals surface area contributed by atoms with Gasteiger partial charge in [0.05, 0.1) is 13.1 Å². The van der Waals surface area contributed by atoms with Crippen LogP contribution in [-0.2, 0) is 0 Å². The van der Waals surface area contributed by atoms with Crippen LogP contribution >= 0.6 is 0 Å². The third-order valence-corrected chi connectivity index (χ3v) is 4.38. The Morgan fingerprint density at radius 3 is 2.86 bits per heavy atom. The summed E-state index contributed by atoms with van der Waals surface area (Å²) in [6.07, 6.45) is 2.34. The molecule has 5 heteroatoms. The molecule has 1 N–H and O–H groups in total. The normalized spacial score (nSPS) is 23.0. The Labute approximate surface area is 132 Å². The van der Waals surface area contributed by atoms with Crippen molar-refractivity contribution in [1.29, 1.82) is 0 Å². The van der Waals surface area contributed by atoms with Crippen LogP contribution in [0.3, 0.4) is 0 Å². The summed E-state index contributed by atoms with van der Waals surface area (Å²) in [4.78, 5) is 16.3. The van der Waals surface area contributed by atoms with E-state index >= 15 is 0 Å². The molecule has 0 aromatic heterocycles. The standard InChI is InChI=1S/C17H25N3O2/c1-13-5-3-7-15(9-13)22-16-11-20(12-16)17(21)18-14-6-4-8-19(2)10-14/h3,5,7,9,14,16H,4,6,8,10-12H2,1-2H3,(H,18,21). The van der Waals surface area contributed by atoms with Crippen LogP contribution in [0.25, 0.3) is 0 Å². The van der Waals surface area contributed by atoms with Gasteiger partial charge in [0.1, 0.15) is 11.9 Å². The van der Waals surface area contributed by atoms with Gasteiger partial charge in [0.2, 0.25) is 0 Å². The number of hydrogen-bond donors (Lipinski definition) is 1. The largest absolute Gasteiger partial charge is 0.487 e. The van der Waals surface area contributed by atoms with Crippen LogP contribution in [-0.4, -0.2) is 61.2 Å². The van der Waals surface area contributed by atoms with E-state index in [2.05, 4.69) is 30.3 Å². The van der Waals surface area contributed by atoms with E-state index in [-0.39, 0.29) is 18.2 Å². The number of likely N-dealkylation sites (tertiary alicyclic amines) is 2. The molecule has 0 spiro atoms. The lowest BCUT2D eigenvalue weighted by Gasteiger charge is -2.40. The summed E-state index contributed by atoms with van der Waals surface area (Å²) in [5.41, 5.74) is 1.19. The van der Waals surface area contributed by atoms with Gasteiger partial charge in [-0.25, -0.2) is 4.79 Å². The van der Waals surface area contributed by atoms with Crippen molar-refractivity contribution in [3.63, 3.8) is 0 Å². The van der Waals surface area contributed by atoms with Gasteiger partial charge in [0.15, 0.2) is 0 Å². The van der Waals surface area contributed by atoms with Crippen molar-refractivity contribution in [1.82, 2.24) is 15.1 Å². The molecule has 2 saturated heterocycles. The lowest BCUT2D eigenvalue weighted by molar-refractivity contribution is 0.0423. The molecule has 22 heavy (non-hydrogen) atoms. The number of carbonyl (C=O) groups is 1. The minimum atomic E-state index is 0.0457. The van der Waals surface area contributed by atoms with E-state index in [1.165, 1.54) is 5.56 Å².